The van der Waals surface area contributed by atoms with Crippen molar-refractivity contribution in [1.29, 1.82) is 5.41 Å². The van der Waals surface area contributed by atoms with E-state index in [1.54, 1.807) is 43.8 Å². The average molecular weight is 489 g/mol. The number of aryl methyl sites for hydroxylation is 1. The number of rotatable bonds is 10. The number of aromatic nitrogens is 2. The van der Waals surface area contributed by atoms with Crippen molar-refractivity contribution in [1.82, 2.24) is 14.7 Å². The molecular formula is C24H28F2N5O4+. The Labute approximate surface area is 200 Å². The fourth-order valence-corrected chi connectivity index (χ4v) is 3.82. The highest BCUT2D eigenvalue weighted by molar-refractivity contribution is 6.01. The average Bonchev–Trinajstić information content (AvgIpc) is 3.17. The van der Waals surface area contributed by atoms with E-state index >= 15 is 0 Å². The summed E-state index contributed by atoms with van der Waals surface area (Å²) in [4.78, 5) is 17.7. The highest BCUT2D eigenvalue weighted by atomic mass is 19.1. The lowest BCUT2D eigenvalue weighted by Crippen LogP contribution is -2.74. The number of quaternary nitrogens is 1. The second-order valence-electron chi connectivity index (χ2n) is 7.99. The number of nitrogens with zero attached hydrogens (tertiary/aromatic N) is 2. The van der Waals surface area contributed by atoms with E-state index in [1.807, 2.05) is 0 Å². The number of aliphatic hydroxyl groups excluding tert-OH is 2. The first-order chi connectivity index (χ1) is 16.7. The molecule has 0 spiro atoms. The summed E-state index contributed by atoms with van der Waals surface area (Å²) in [5.74, 6) is -1.94. The standard InChI is InChI=1S/C24H27F2N5O4/c1-14(27)17(10-28-3)24(12-32,13-33)30-23(34)21-15(2)29-22-20(8-5-9-31(21)22)35-11-16-18(25)6-4-7-19(16)26/h4-10,27-28,32-33H,11-13H2,1-3H3,(H,30,34)/p+1/b17-10+,27-14?. The van der Waals surface area contributed by atoms with Crippen molar-refractivity contribution < 1.29 is 33.8 Å². The van der Waals surface area contributed by atoms with Gasteiger partial charge < -0.3 is 31.0 Å². The third-order valence-corrected chi connectivity index (χ3v) is 5.58. The molecule has 1 aromatic carbocycles. The van der Waals surface area contributed by atoms with Crippen LogP contribution in [0.5, 0.6) is 5.75 Å². The first-order valence-corrected chi connectivity index (χ1v) is 10.8. The van der Waals surface area contributed by atoms with E-state index in [2.05, 4.69) is 10.3 Å². The summed E-state index contributed by atoms with van der Waals surface area (Å²) in [5.41, 5.74) is -0.858. The first-order valence-electron chi connectivity index (χ1n) is 10.8. The molecule has 2 heterocycles. The maximum absolute atomic E-state index is 14.0. The molecule has 0 saturated carbocycles. The highest BCUT2D eigenvalue weighted by Crippen LogP contribution is 2.25. The fraction of sp³-hybridized carbons (Fsp3) is 0.292. The Hall–Kier alpha value is -3.67. The van der Waals surface area contributed by atoms with Crippen LogP contribution in [0.2, 0.25) is 0 Å². The predicted octanol–water partition coefficient (Wildman–Crippen LogP) is 1.07. The lowest BCUT2D eigenvalue weighted by Gasteiger charge is -2.32. The van der Waals surface area contributed by atoms with E-state index in [-0.39, 0.29) is 40.5 Å². The smallest absolute Gasteiger partial charge is 0.271 e. The number of hydrogen-bond donors (Lipinski definition) is 5. The molecule has 11 heteroatoms. The number of carbonyl (C=O) groups excluding carboxylic acids is 1. The minimum Gasteiger partial charge on any atom is -0.485 e. The predicted molar refractivity (Wildman–Crippen MR) is 124 cm³/mol. The fourth-order valence-electron chi connectivity index (χ4n) is 3.82. The van der Waals surface area contributed by atoms with Crippen molar-refractivity contribution in [3.8, 4) is 5.75 Å². The second kappa shape index (κ2) is 10.7. The van der Waals surface area contributed by atoms with E-state index in [0.29, 0.717) is 5.69 Å². The molecule has 0 saturated heterocycles. The summed E-state index contributed by atoms with van der Waals surface area (Å²) in [6, 6.07) is 6.67. The third-order valence-electron chi connectivity index (χ3n) is 5.58. The van der Waals surface area contributed by atoms with Gasteiger partial charge in [-0.2, -0.15) is 0 Å². The minimum atomic E-state index is -1.61. The minimum absolute atomic E-state index is 0.0671. The van der Waals surface area contributed by atoms with Gasteiger partial charge in [-0.25, -0.2) is 13.8 Å². The maximum atomic E-state index is 14.0. The van der Waals surface area contributed by atoms with E-state index in [0.717, 1.165) is 12.1 Å². The van der Waals surface area contributed by atoms with Gasteiger partial charge in [0.05, 0.1) is 43.3 Å². The number of fused-ring (bicyclic) bond motifs is 1. The van der Waals surface area contributed by atoms with E-state index in [9.17, 15) is 23.8 Å². The lowest BCUT2D eigenvalue weighted by atomic mass is 9.88. The Morgan fingerprint density at radius 3 is 2.49 bits per heavy atom. The van der Waals surface area contributed by atoms with Crippen LogP contribution in [-0.2, 0) is 6.61 Å². The van der Waals surface area contributed by atoms with Gasteiger partial charge in [-0.1, -0.05) is 6.07 Å². The summed E-state index contributed by atoms with van der Waals surface area (Å²) in [5, 5.41) is 32.5. The van der Waals surface area contributed by atoms with Gasteiger partial charge in [-0.3, -0.25) is 9.20 Å². The zero-order valence-electron chi connectivity index (χ0n) is 19.6. The number of nitrogens with two attached hydrogens (primary N) is 1. The number of nitrogens with one attached hydrogen (secondary N) is 2. The van der Waals surface area contributed by atoms with E-state index in [4.69, 9.17) is 10.1 Å². The molecule has 0 fully saturated rings. The van der Waals surface area contributed by atoms with Gasteiger partial charge >= 0.3 is 0 Å². The SMILES string of the molecule is C[NH2+]/C=C(\C(C)=N)C(CO)(CO)NC(=O)c1c(C)nc2c(OCc3c(F)cccc3F)cccn12. The molecule has 2 aromatic heterocycles. The van der Waals surface area contributed by atoms with Gasteiger partial charge in [-0.05, 0) is 38.1 Å². The molecule has 3 aromatic rings. The number of hydrogen-bond acceptors (Lipinski definition) is 6. The van der Waals surface area contributed by atoms with Crippen molar-refractivity contribution in [3.05, 3.63) is 76.9 Å². The molecule has 0 radical (unpaired) electrons. The number of halogens is 2. The van der Waals surface area contributed by atoms with Gasteiger partial charge in [0, 0.05) is 11.9 Å². The zero-order valence-corrected chi connectivity index (χ0v) is 19.6. The molecule has 35 heavy (non-hydrogen) atoms. The molecular weight excluding hydrogens is 460 g/mol. The first kappa shape index (κ1) is 25.9. The van der Waals surface area contributed by atoms with Crippen LogP contribution >= 0.6 is 0 Å². The van der Waals surface area contributed by atoms with Crippen molar-refractivity contribution in [2.45, 2.75) is 26.0 Å². The molecule has 0 aliphatic heterocycles. The molecule has 0 bridgehead atoms. The van der Waals surface area contributed by atoms with Gasteiger partial charge in [0.15, 0.2) is 11.4 Å². The summed E-state index contributed by atoms with van der Waals surface area (Å²) in [7, 11) is 1.72. The van der Waals surface area contributed by atoms with Crippen LogP contribution in [0, 0.1) is 24.0 Å². The molecule has 1 amide bonds. The summed E-state index contributed by atoms with van der Waals surface area (Å²) < 4.78 is 35.1. The number of carbonyl (C=O) groups is 1. The molecule has 3 rings (SSSR count). The highest BCUT2D eigenvalue weighted by Gasteiger charge is 2.38. The van der Waals surface area contributed by atoms with Gasteiger partial charge in [0.25, 0.3) is 5.91 Å². The number of ether oxygens (including phenoxy) is 1. The number of pyridine rings is 1. The quantitative estimate of drug-likeness (QED) is 0.272. The van der Waals surface area contributed by atoms with Crippen LogP contribution in [0.1, 0.15) is 28.7 Å². The van der Waals surface area contributed by atoms with E-state index < -0.39 is 36.3 Å². The van der Waals surface area contributed by atoms with Crippen LogP contribution in [0.15, 0.2) is 48.3 Å². The topological polar surface area (TPSA) is 137 Å². The second-order valence-corrected chi connectivity index (χ2v) is 7.99. The molecule has 0 aliphatic rings. The molecule has 186 valence electrons. The Kier molecular flexibility index (Phi) is 7.95. The molecule has 0 atom stereocenters. The zero-order chi connectivity index (χ0) is 25.8. The largest absolute Gasteiger partial charge is 0.485 e. The Morgan fingerprint density at radius 2 is 1.91 bits per heavy atom. The number of benzene rings is 1. The normalized spacial score (nSPS) is 12.1. The van der Waals surface area contributed by atoms with Gasteiger partial charge in [0.2, 0.25) is 0 Å². The van der Waals surface area contributed by atoms with Crippen LogP contribution < -0.4 is 15.4 Å². The van der Waals surface area contributed by atoms with Crippen LogP contribution in [0.4, 0.5) is 8.78 Å². The molecule has 6 N–H and O–H groups in total. The summed E-state index contributed by atoms with van der Waals surface area (Å²) >= 11 is 0. The lowest BCUT2D eigenvalue weighted by molar-refractivity contribution is -0.557. The van der Waals surface area contributed by atoms with Crippen LogP contribution in [0.3, 0.4) is 0 Å². The van der Waals surface area contributed by atoms with Crippen molar-refractivity contribution in [3.63, 3.8) is 0 Å². The third kappa shape index (κ3) is 5.06. The molecule has 9 nitrogen and oxygen atoms in total. The Balaban J connectivity index is 1.98. The van der Waals surface area contributed by atoms with Crippen molar-refractivity contribution in [2.24, 2.45) is 0 Å². The van der Waals surface area contributed by atoms with Gasteiger partial charge in [-0.15, -0.1) is 0 Å². The van der Waals surface area contributed by atoms with E-state index in [1.165, 1.54) is 17.4 Å². The Morgan fingerprint density at radius 1 is 1.26 bits per heavy atom. The molecule has 0 unspecified atom stereocenters. The maximum Gasteiger partial charge on any atom is 0.271 e. The number of imidazole rings is 1. The van der Waals surface area contributed by atoms with Crippen LogP contribution in [-0.4, -0.2) is 57.0 Å². The Bertz CT molecular complexity index is 1260. The molecule has 0 aliphatic carbocycles. The number of amides is 1. The monoisotopic (exact) mass is 488 g/mol. The van der Waals surface area contributed by atoms with Crippen molar-refractivity contribution >= 4 is 17.3 Å². The van der Waals surface area contributed by atoms with Crippen molar-refractivity contribution in [2.75, 3.05) is 20.3 Å². The van der Waals surface area contributed by atoms with Crippen LogP contribution in [0.25, 0.3) is 5.65 Å². The van der Waals surface area contributed by atoms with Gasteiger partial charge in [0.1, 0.15) is 29.5 Å². The summed E-state index contributed by atoms with van der Waals surface area (Å²) in [6.07, 6.45) is 3.11. The number of aliphatic hydroxyl groups is 2. The summed E-state index contributed by atoms with van der Waals surface area (Å²) in [6.45, 7) is 1.40.